The van der Waals surface area contributed by atoms with Gasteiger partial charge >= 0.3 is 0 Å². The molecule has 8 nitrogen and oxygen atoms in total. The van der Waals surface area contributed by atoms with Crippen molar-refractivity contribution in [1.29, 1.82) is 0 Å². The molecule has 0 fully saturated rings. The van der Waals surface area contributed by atoms with Gasteiger partial charge in [0.05, 0.1) is 18.8 Å². The average molecular weight is 475 g/mol. The topological polar surface area (TPSA) is 89.2 Å². The van der Waals surface area contributed by atoms with Crippen molar-refractivity contribution < 1.29 is 9.13 Å². The van der Waals surface area contributed by atoms with Crippen LogP contribution >= 0.6 is 24.0 Å². The Balaban J connectivity index is 0.00000243. The van der Waals surface area contributed by atoms with Gasteiger partial charge in [-0.15, -0.1) is 24.0 Å². The van der Waals surface area contributed by atoms with Crippen molar-refractivity contribution in [3.63, 3.8) is 0 Å². The third kappa shape index (κ3) is 5.10. The summed E-state index contributed by atoms with van der Waals surface area (Å²) < 4.78 is 20.6. The third-order valence-electron chi connectivity index (χ3n) is 4.00. The lowest BCUT2D eigenvalue weighted by Crippen LogP contribution is -2.47. The summed E-state index contributed by atoms with van der Waals surface area (Å²) in [6.07, 6.45) is 3.32. The van der Waals surface area contributed by atoms with Crippen molar-refractivity contribution in [1.82, 2.24) is 30.4 Å². The van der Waals surface area contributed by atoms with Gasteiger partial charge in [-0.2, -0.15) is 5.10 Å². The first-order valence-corrected chi connectivity index (χ1v) is 8.17. The lowest BCUT2D eigenvalue weighted by molar-refractivity contribution is 0.177. The van der Waals surface area contributed by atoms with Gasteiger partial charge in [-0.3, -0.25) is 9.98 Å². The standard InChI is InChI=1S/C16H22FN7O.HI/c1-18-16(20-8-13-12(17)4-3-7-19-13)21-11-5-6-15-22-14(10-25-2)23-24(15)9-11;/h3-4,7,11H,5-6,8-10H2,1-2H3,(H2,18,20,21);1H. The Bertz CT molecular complexity index is 752. The second-order valence-electron chi connectivity index (χ2n) is 5.80. The highest BCUT2D eigenvalue weighted by Gasteiger charge is 2.22. The lowest BCUT2D eigenvalue weighted by atomic mass is 10.1. The molecule has 0 radical (unpaired) electrons. The fourth-order valence-electron chi connectivity index (χ4n) is 2.77. The van der Waals surface area contributed by atoms with E-state index in [1.54, 1.807) is 26.4 Å². The highest BCUT2D eigenvalue weighted by atomic mass is 127. The van der Waals surface area contributed by atoms with Crippen LogP contribution in [-0.2, 0) is 30.9 Å². The third-order valence-corrected chi connectivity index (χ3v) is 4.00. The highest BCUT2D eigenvalue weighted by Crippen LogP contribution is 2.13. The van der Waals surface area contributed by atoms with Crippen LogP contribution in [0.5, 0.6) is 0 Å². The number of guanidine groups is 1. The smallest absolute Gasteiger partial charge is 0.191 e. The molecule has 1 atom stereocenters. The van der Waals surface area contributed by atoms with Gasteiger partial charge in [0.1, 0.15) is 18.2 Å². The van der Waals surface area contributed by atoms with Crippen LogP contribution in [0.3, 0.4) is 0 Å². The Hall–Kier alpha value is -1.82. The van der Waals surface area contributed by atoms with Crippen LogP contribution in [0, 0.1) is 5.82 Å². The number of aryl methyl sites for hydroxylation is 1. The van der Waals surface area contributed by atoms with Crippen molar-refractivity contribution in [3.05, 3.63) is 41.5 Å². The summed E-state index contributed by atoms with van der Waals surface area (Å²) >= 11 is 0. The molecule has 1 aliphatic heterocycles. The van der Waals surface area contributed by atoms with Crippen LogP contribution in [0.25, 0.3) is 0 Å². The SMILES string of the molecule is CN=C(NCc1ncccc1F)NC1CCc2nc(COC)nn2C1.I. The molecule has 3 heterocycles. The van der Waals surface area contributed by atoms with E-state index >= 15 is 0 Å². The maximum atomic E-state index is 13.6. The van der Waals surface area contributed by atoms with Crippen molar-refractivity contribution in [3.8, 4) is 0 Å². The minimum atomic E-state index is -0.332. The van der Waals surface area contributed by atoms with E-state index in [4.69, 9.17) is 4.74 Å². The van der Waals surface area contributed by atoms with Gasteiger partial charge in [0.15, 0.2) is 11.8 Å². The number of hydrogen-bond acceptors (Lipinski definition) is 5. The van der Waals surface area contributed by atoms with Gasteiger partial charge < -0.3 is 15.4 Å². The van der Waals surface area contributed by atoms with E-state index in [0.29, 0.717) is 30.6 Å². The molecular formula is C16H23FIN7O. The molecular weight excluding hydrogens is 452 g/mol. The summed E-state index contributed by atoms with van der Waals surface area (Å²) in [6, 6.07) is 3.14. The van der Waals surface area contributed by atoms with E-state index in [1.807, 2.05) is 4.68 Å². The maximum Gasteiger partial charge on any atom is 0.191 e. The zero-order valence-electron chi connectivity index (χ0n) is 14.8. The molecule has 0 saturated heterocycles. The monoisotopic (exact) mass is 475 g/mol. The molecule has 0 aliphatic carbocycles. The molecule has 3 rings (SSSR count). The second-order valence-corrected chi connectivity index (χ2v) is 5.80. The molecule has 142 valence electrons. The maximum absolute atomic E-state index is 13.6. The number of hydrogen-bond donors (Lipinski definition) is 2. The molecule has 0 saturated carbocycles. The Morgan fingerprint density at radius 3 is 3.08 bits per heavy atom. The van der Waals surface area contributed by atoms with E-state index in [-0.39, 0.29) is 42.4 Å². The summed E-state index contributed by atoms with van der Waals surface area (Å²) in [6.45, 7) is 1.38. The van der Waals surface area contributed by atoms with Crippen LogP contribution in [0.4, 0.5) is 4.39 Å². The van der Waals surface area contributed by atoms with E-state index in [1.165, 1.54) is 6.07 Å². The first-order valence-electron chi connectivity index (χ1n) is 8.17. The summed E-state index contributed by atoms with van der Waals surface area (Å²) in [4.78, 5) is 12.7. The first kappa shape index (κ1) is 20.5. The highest BCUT2D eigenvalue weighted by molar-refractivity contribution is 14.0. The fraction of sp³-hybridized carbons (Fsp3) is 0.500. The number of aliphatic imine (C=N–C) groups is 1. The van der Waals surface area contributed by atoms with Crippen molar-refractivity contribution in [2.75, 3.05) is 14.2 Å². The largest absolute Gasteiger partial charge is 0.377 e. The zero-order chi connectivity index (χ0) is 17.6. The molecule has 0 aromatic carbocycles. The molecule has 2 aromatic heterocycles. The van der Waals surface area contributed by atoms with E-state index in [0.717, 1.165) is 18.7 Å². The number of nitrogens with one attached hydrogen (secondary N) is 2. The fourth-order valence-corrected chi connectivity index (χ4v) is 2.77. The van der Waals surface area contributed by atoms with Crippen LogP contribution < -0.4 is 10.6 Å². The van der Waals surface area contributed by atoms with Crippen LogP contribution in [0.2, 0.25) is 0 Å². The van der Waals surface area contributed by atoms with Crippen LogP contribution in [0.15, 0.2) is 23.3 Å². The zero-order valence-corrected chi connectivity index (χ0v) is 17.1. The Morgan fingerprint density at radius 2 is 2.35 bits per heavy atom. The molecule has 0 spiro atoms. The minimum absolute atomic E-state index is 0. The molecule has 2 N–H and O–H groups in total. The summed E-state index contributed by atoms with van der Waals surface area (Å²) in [5, 5.41) is 10.9. The second kappa shape index (κ2) is 9.76. The van der Waals surface area contributed by atoms with Crippen LogP contribution in [-0.4, -0.2) is 45.9 Å². The van der Waals surface area contributed by atoms with E-state index in [9.17, 15) is 4.39 Å². The number of nitrogens with zero attached hydrogens (tertiary/aromatic N) is 5. The quantitative estimate of drug-likeness (QED) is 0.385. The summed E-state index contributed by atoms with van der Waals surface area (Å²) in [5.41, 5.74) is 0.358. The van der Waals surface area contributed by atoms with E-state index in [2.05, 4.69) is 30.7 Å². The van der Waals surface area contributed by atoms with Gasteiger partial charge in [-0.05, 0) is 18.6 Å². The van der Waals surface area contributed by atoms with Crippen molar-refractivity contribution in [2.24, 2.45) is 4.99 Å². The molecule has 0 amide bonds. The first-order chi connectivity index (χ1) is 12.2. The minimum Gasteiger partial charge on any atom is -0.377 e. The van der Waals surface area contributed by atoms with Crippen molar-refractivity contribution in [2.45, 2.75) is 38.6 Å². The number of aromatic nitrogens is 4. The predicted octanol–water partition coefficient (Wildman–Crippen LogP) is 1.26. The van der Waals surface area contributed by atoms with Crippen molar-refractivity contribution >= 4 is 29.9 Å². The summed E-state index contributed by atoms with van der Waals surface area (Å²) in [5.74, 6) is 1.95. The van der Waals surface area contributed by atoms with Gasteiger partial charge in [0, 0.05) is 32.8 Å². The molecule has 0 bridgehead atoms. The number of methoxy groups -OCH3 is 1. The number of ether oxygens (including phenoxy) is 1. The predicted molar refractivity (Wildman–Crippen MR) is 106 cm³/mol. The molecule has 10 heteroatoms. The van der Waals surface area contributed by atoms with Gasteiger partial charge in [0.25, 0.3) is 0 Å². The number of pyridine rings is 1. The summed E-state index contributed by atoms with van der Waals surface area (Å²) in [7, 11) is 3.31. The number of rotatable bonds is 5. The molecule has 1 aliphatic rings. The Labute approximate surface area is 168 Å². The van der Waals surface area contributed by atoms with Crippen LogP contribution in [0.1, 0.15) is 23.8 Å². The molecule has 2 aromatic rings. The van der Waals surface area contributed by atoms with E-state index < -0.39 is 0 Å². The molecule has 1 unspecified atom stereocenters. The average Bonchev–Trinajstić information content (AvgIpc) is 3.01. The van der Waals surface area contributed by atoms with Gasteiger partial charge in [-0.25, -0.2) is 14.1 Å². The normalized spacial score (nSPS) is 16.6. The van der Waals surface area contributed by atoms with Gasteiger partial charge in [0.2, 0.25) is 0 Å². The Kier molecular flexibility index (Phi) is 7.69. The number of fused-ring (bicyclic) bond motifs is 1. The lowest BCUT2D eigenvalue weighted by Gasteiger charge is -2.25. The molecule has 26 heavy (non-hydrogen) atoms. The van der Waals surface area contributed by atoms with Gasteiger partial charge in [-0.1, -0.05) is 0 Å². The number of halogens is 2. The Morgan fingerprint density at radius 1 is 1.50 bits per heavy atom.